The fourth-order valence-corrected chi connectivity index (χ4v) is 1.63. The first-order chi connectivity index (χ1) is 8.40. The van der Waals surface area contributed by atoms with Gasteiger partial charge in [0.05, 0.1) is 23.7 Å². The van der Waals surface area contributed by atoms with E-state index in [9.17, 15) is 20.0 Å². The summed E-state index contributed by atoms with van der Waals surface area (Å²) in [6.45, 7) is 2.86. The monoisotopic (exact) mass is 253 g/mol. The Balaban J connectivity index is 3.31. The Labute approximate surface area is 104 Å². The van der Waals surface area contributed by atoms with E-state index in [-0.39, 0.29) is 22.8 Å². The molecule has 6 heteroatoms. The van der Waals surface area contributed by atoms with Crippen LogP contribution in [0.15, 0.2) is 18.2 Å². The molecule has 0 aliphatic heterocycles. The van der Waals surface area contributed by atoms with Crippen molar-refractivity contribution in [1.82, 2.24) is 0 Å². The minimum atomic E-state index is -1.22. The quantitative estimate of drug-likeness (QED) is 0.639. The van der Waals surface area contributed by atoms with Gasteiger partial charge in [-0.25, -0.2) is 0 Å². The van der Waals surface area contributed by atoms with E-state index in [4.69, 9.17) is 4.74 Å². The molecule has 0 saturated carbocycles. The average molecular weight is 253 g/mol. The lowest BCUT2D eigenvalue weighted by molar-refractivity contribution is -0.387. The largest absolute Gasteiger partial charge is 0.490 e. The second-order valence-electron chi connectivity index (χ2n) is 4.00. The Morgan fingerprint density at radius 2 is 2.11 bits per heavy atom. The SMILES string of the molecule is COc1cccc(C(O)C(C)C(C)=O)c1[N+](=O)[O-]. The Kier molecular flexibility index (Phi) is 4.38. The molecule has 6 nitrogen and oxygen atoms in total. The zero-order valence-electron chi connectivity index (χ0n) is 10.4. The van der Waals surface area contributed by atoms with Crippen molar-refractivity contribution in [3.8, 4) is 5.75 Å². The molecule has 2 atom stereocenters. The summed E-state index contributed by atoms with van der Waals surface area (Å²) in [7, 11) is 1.31. The minimum absolute atomic E-state index is 0.0623. The molecule has 18 heavy (non-hydrogen) atoms. The molecule has 1 aromatic rings. The average Bonchev–Trinajstić information content (AvgIpc) is 2.35. The number of para-hydroxylation sites is 1. The second-order valence-corrected chi connectivity index (χ2v) is 4.00. The zero-order valence-corrected chi connectivity index (χ0v) is 10.4. The van der Waals surface area contributed by atoms with E-state index < -0.39 is 16.9 Å². The third kappa shape index (κ3) is 2.65. The van der Waals surface area contributed by atoms with Crippen LogP contribution in [0, 0.1) is 16.0 Å². The summed E-state index contributed by atoms with van der Waals surface area (Å²) < 4.78 is 4.90. The van der Waals surface area contributed by atoms with Crippen LogP contribution in [-0.2, 0) is 4.79 Å². The predicted molar refractivity (Wildman–Crippen MR) is 64.5 cm³/mol. The van der Waals surface area contributed by atoms with E-state index in [2.05, 4.69) is 0 Å². The fraction of sp³-hybridized carbons (Fsp3) is 0.417. The molecule has 98 valence electrons. The molecule has 1 aromatic carbocycles. The molecule has 1 N–H and O–H groups in total. The second kappa shape index (κ2) is 5.59. The van der Waals surface area contributed by atoms with Gasteiger partial charge in [0.1, 0.15) is 5.78 Å². The van der Waals surface area contributed by atoms with Gasteiger partial charge in [0.2, 0.25) is 0 Å². The van der Waals surface area contributed by atoms with Crippen molar-refractivity contribution >= 4 is 11.5 Å². The Morgan fingerprint density at radius 1 is 1.50 bits per heavy atom. The fourth-order valence-electron chi connectivity index (χ4n) is 1.63. The molecule has 0 amide bonds. The summed E-state index contributed by atoms with van der Waals surface area (Å²) in [5, 5.41) is 21.1. The number of methoxy groups -OCH3 is 1. The number of nitro groups is 1. The summed E-state index contributed by atoms with van der Waals surface area (Å²) in [4.78, 5) is 21.6. The van der Waals surface area contributed by atoms with Crippen molar-refractivity contribution in [3.63, 3.8) is 0 Å². The highest BCUT2D eigenvalue weighted by Crippen LogP contribution is 2.36. The van der Waals surface area contributed by atoms with Crippen LogP contribution in [0.25, 0.3) is 0 Å². The van der Waals surface area contributed by atoms with E-state index in [0.29, 0.717) is 0 Å². The van der Waals surface area contributed by atoms with Crippen LogP contribution in [0.4, 0.5) is 5.69 Å². The molecule has 2 unspecified atom stereocenters. The molecule has 0 bridgehead atoms. The topological polar surface area (TPSA) is 89.7 Å². The van der Waals surface area contributed by atoms with Gasteiger partial charge in [-0.2, -0.15) is 0 Å². The highest BCUT2D eigenvalue weighted by Gasteiger charge is 2.30. The molecular weight excluding hydrogens is 238 g/mol. The van der Waals surface area contributed by atoms with Gasteiger partial charge in [-0.3, -0.25) is 14.9 Å². The number of hydrogen-bond acceptors (Lipinski definition) is 5. The molecule has 0 aliphatic rings. The van der Waals surface area contributed by atoms with E-state index in [1.165, 1.54) is 39.2 Å². The van der Waals surface area contributed by atoms with Gasteiger partial charge in [0, 0.05) is 5.92 Å². The van der Waals surface area contributed by atoms with Crippen LogP contribution in [0.5, 0.6) is 5.75 Å². The van der Waals surface area contributed by atoms with E-state index >= 15 is 0 Å². The lowest BCUT2D eigenvalue weighted by atomic mass is 9.93. The van der Waals surface area contributed by atoms with Gasteiger partial charge in [0.25, 0.3) is 0 Å². The molecule has 0 saturated heterocycles. The van der Waals surface area contributed by atoms with Crippen LogP contribution in [0.2, 0.25) is 0 Å². The molecule has 0 heterocycles. The molecule has 0 aliphatic carbocycles. The van der Waals surface area contributed by atoms with Crippen molar-refractivity contribution in [3.05, 3.63) is 33.9 Å². The van der Waals surface area contributed by atoms with Crippen molar-refractivity contribution in [2.24, 2.45) is 5.92 Å². The lowest BCUT2D eigenvalue weighted by Crippen LogP contribution is -2.18. The number of carbonyl (C=O) groups is 1. The van der Waals surface area contributed by atoms with Crippen molar-refractivity contribution in [2.45, 2.75) is 20.0 Å². The molecule has 0 aromatic heterocycles. The molecule has 1 rings (SSSR count). The number of benzene rings is 1. The predicted octanol–water partition coefficient (Wildman–Crippen LogP) is 1.86. The standard InChI is InChI=1S/C12H15NO5/c1-7(8(2)14)12(15)9-5-4-6-10(18-3)11(9)13(16)17/h4-7,12,15H,1-3H3. The number of aliphatic hydroxyl groups is 1. The van der Waals surface area contributed by atoms with Gasteiger partial charge in [-0.1, -0.05) is 13.0 Å². The Hall–Kier alpha value is -1.95. The zero-order chi connectivity index (χ0) is 13.9. The van der Waals surface area contributed by atoms with E-state index in [1.54, 1.807) is 0 Å². The van der Waals surface area contributed by atoms with E-state index in [1.807, 2.05) is 0 Å². The van der Waals surface area contributed by atoms with Gasteiger partial charge < -0.3 is 9.84 Å². The number of ketones is 1. The van der Waals surface area contributed by atoms with Crippen LogP contribution >= 0.6 is 0 Å². The number of ether oxygens (including phenoxy) is 1. The van der Waals surface area contributed by atoms with Crippen LogP contribution < -0.4 is 4.74 Å². The number of Topliss-reactive ketones (excluding diaryl/α,β-unsaturated/α-hetero) is 1. The third-order valence-electron chi connectivity index (χ3n) is 2.87. The highest BCUT2D eigenvalue weighted by atomic mass is 16.6. The van der Waals surface area contributed by atoms with Crippen LogP contribution in [0.3, 0.4) is 0 Å². The van der Waals surface area contributed by atoms with Crippen LogP contribution in [-0.4, -0.2) is 22.9 Å². The maximum atomic E-state index is 11.2. The minimum Gasteiger partial charge on any atom is -0.490 e. The summed E-state index contributed by atoms with van der Waals surface area (Å²) in [6, 6.07) is 4.40. The maximum Gasteiger partial charge on any atom is 0.316 e. The smallest absolute Gasteiger partial charge is 0.316 e. The lowest BCUT2D eigenvalue weighted by Gasteiger charge is -2.17. The highest BCUT2D eigenvalue weighted by molar-refractivity contribution is 5.79. The number of nitro benzene ring substituents is 1. The summed E-state index contributed by atoms with van der Waals surface area (Å²) >= 11 is 0. The van der Waals surface area contributed by atoms with Crippen molar-refractivity contribution in [2.75, 3.05) is 7.11 Å². The number of hydrogen-bond donors (Lipinski definition) is 1. The van der Waals surface area contributed by atoms with Gasteiger partial charge in [-0.05, 0) is 19.1 Å². The third-order valence-corrected chi connectivity index (χ3v) is 2.87. The first kappa shape index (κ1) is 14.1. The Bertz CT molecular complexity index is 472. The molecule has 0 fully saturated rings. The molecule has 0 spiro atoms. The van der Waals surface area contributed by atoms with Gasteiger partial charge in [-0.15, -0.1) is 0 Å². The first-order valence-electron chi connectivity index (χ1n) is 5.40. The van der Waals surface area contributed by atoms with Crippen LogP contribution in [0.1, 0.15) is 25.5 Å². The molecule has 0 radical (unpaired) electrons. The van der Waals surface area contributed by atoms with Gasteiger partial charge >= 0.3 is 5.69 Å². The summed E-state index contributed by atoms with van der Waals surface area (Å²) in [5.41, 5.74) is -0.220. The molecular formula is C12H15NO5. The first-order valence-corrected chi connectivity index (χ1v) is 5.40. The number of rotatable bonds is 5. The normalized spacial score (nSPS) is 13.8. The summed E-state index contributed by atoms with van der Waals surface area (Å²) in [5.74, 6) is -0.886. The Morgan fingerprint density at radius 3 is 2.56 bits per heavy atom. The number of carbonyl (C=O) groups excluding carboxylic acids is 1. The summed E-state index contributed by atoms with van der Waals surface area (Å²) in [6.07, 6.45) is -1.22. The van der Waals surface area contributed by atoms with Gasteiger partial charge in [0.15, 0.2) is 5.75 Å². The van der Waals surface area contributed by atoms with Crippen molar-refractivity contribution < 1.29 is 19.6 Å². The van der Waals surface area contributed by atoms with Crippen molar-refractivity contribution in [1.29, 1.82) is 0 Å². The van der Waals surface area contributed by atoms with E-state index in [0.717, 1.165) is 0 Å². The number of aliphatic hydroxyl groups excluding tert-OH is 1. The maximum absolute atomic E-state index is 11.2. The number of nitrogens with zero attached hydrogens (tertiary/aromatic N) is 1.